The van der Waals surface area contributed by atoms with Crippen LogP contribution in [-0.4, -0.2) is 70.2 Å². The van der Waals surface area contributed by atoms with Gasteiger partial charge in [-0.15, -0.1) is 0 Å². The standard InChI is InChI=1S/C17H19BrN2O8S/c1-8(21)28-17(16(24)25)29-20-9(7-18)13(15(20)23)19-14(22)12-10(26-2)5-4-6-11(12)27-3/h4-6,9,13,17H,7H2,1-3H3,(H,19,22)(H,24,25). The summed E-state index contributed by atoms with van der Waals surface area (Å²) in [7, 11) is 2.81. The fourth-order valence-corrected chi connectivity index (χ4v) is 4.52. The van der Waals surface area contributed by atoms with Gasteiger partial charge in [0.15, 0.2) is 0 Å². The first kappa shape index (κ1) is 22.8. The lowest BCUT2D eigenvalue weighted by Gasteiger charge is -2.45. The number of methoxy groups -OCH3 is 2. The van der Waals surface area contributed by atoms with Crippen molar-refractivity contribution in [3.8, 4) is 11.5 Å². The van der Waals surface area contributed by atoms with Crippen molar-refractivity contribution in [2.24, 2.45) is 0 Å². The minimum atomic E-state index is -1.58. The average molecular weight is 491 g/mol. The van der Waals surface area contributed by atoms with E-state index in [-0.39, 0.29) is 22.4 Å². The zero-order valence-electron chi connectivity index (χ0n) is 15.7. The lowest BCUT2D eigenvalue weighted by molar-refractivity contribution is -0.156. The van der Waals surface area contributed by atoms with E-state index < -0.39 is 41.3 Å². The van der Waals surface area contributed by atoms with Gasteiger partial charge in [-0.25, -0.2) is 4.79 Å². The molecule has 2 amide bonds. The summed E-state index contributed by atoms with van der Waals surface area (Å²) < 4.78 is 16.2. The monoisotopic (exact) mass is 490 g/mol. The van der Waals surface area contributed by atoms with Gasteiger partial charge >= 0.3 is 11.9 Å². The van der Waals surface area contributed by atoms with Crippen molar-refractivity contribution in [1.29, 1.82) is 0 Å². The minimum Gasteiger partial charge on any atom is -0.496 e. The molecule has 1 aromatic rings. The number of esters is 1. The Hall–Kier alpha value is -2.47. The molecule has 0 aliphatic carbocycles. The van der Waals surface area contributed by atoms with Crippen LogP contribution in [-0.2, 0) is 19.1 Å². The predicted octanol–water partition coefficient (Wildman–Crippen LogP) is 1.03. The van der Waals surface area contributed by atoms with E-state index in [4.69, 9.17) is 19.3 Å². The third kappa shape index (κ3) is 4.93. The quantitative estimate of drug-likeness (QED) is 0.171. The number of hydrogen-bond acceptors (Lipinski definition) is 8. The van der Waals surface area contributed by atoms with Gasteiger partial charge in [-0.3, -0.25) is 18.7 Å². The Bertz CT molecular complexity index is 798. The molecule has 2 rings (SSSR count). The Morgan fingerprint density at radius 1 is 1.28 bits per heavy atom. The predicted molar refractivity (Wildman–Crippen MR) is 106 cm³/mol. The number of nitrogens with zero attached hydrogens (tertiary/aromatic N) is 1. The number of halogens is 1. The van der Waals surface area contributed by atoms with Crippen molar-refractivity contribution in [2.45, 2.75) is 24.4 Å². The maximum atomic E-state index is 12.8. The number of amides is 2. The molecule has 0 aromatic heterocycles. The molecule has 10 nitrogen and oxygen atoms in total. The normalized spacial score (nSPS) is 19.0. The first-order valence-corrected chi connectivity index (χ1v) is 10.2. The molecule has 1 aromatic carbocycles. The van der Waals surface area contributed by atoms with Crippen molar-refractivity contribution in [2.75, 3.05) is 19.5 Å². The van der Waals surface area contributed by atoms with Crippen LogP contribution in [0.1, 0.15) is 17.3 Å². The summed E-state index contributed by atoms with van der Waals surface area (Å²) in [6.07, 6.45) is 0. The number of carbonyl (C=O) groups excluding carboxylic acids is 3. The van der Waals surface area contributed by atoms with E-state index in [1.807, 2.05) is 0 Å². The second-order valence-electron chi connectivity index (χ2n) is 5.76. The molecular formula is C17H19BrN2O8S. The first-order chi connectivity index (χ1) is 13.7. The molecule has 12 heteroatoms. The van der Waals surface area contributed by atoms with Gasteiger partial charge in [0.05, 0.1) is 20.3 Å². The van der Waals surface area contributed by atoms with Crippen LogP contribution in [0, 0.1) is 0 Å². The lowest BCUT2D eigenvalue weighted by atomic mass is 10.00. The second-order valence-corrected chi connectivity index (χ2v) is 7.44. The van der Waals surface area contributed by atoms with E-state index in [2.05, 4.69) is 21.2 Å². The number of nitrogens with one attached hydrogen (secondary N) is 1. The van der Waals surface area contributed by atoms with Crippen LogP contribution in [0.15, 0.2) is 18.2 Å². The Morgan fingerprint density at radius 2 is 1.86 bits per heavy atom. The van der Waals surface area contributed by atoms with Gasteiger partial charge < -0.3 is 24.6 Å². The highest BCUT2D eigenvalue weighted by Crippen LogP contribution is 2.34. The third-order valence-corrected chi connectivity index (χ3v) is 5.78. The maximum Gasteiger partial charge on any atom is 0.357 e. The van der Waals surface area contributed by atoms with Crippen LogP contribution in [0.2, 0.25) is 0 Å². The zero-order valence-corrected chi connectivity index (χ0v) is 18.1. The minimum absolute atomic E-state index is 0.132. The molecule has 1 heterocycles. The van der Waals surface area contributed by atoms with Crippen molar-refractivity contribution in [1.82, 2.24) is 9.62 Å². The molecule has 1 fully saturated rings. The van der Waals surface area contributed by atoms with E-state index in [9.17, 15) is 19.2 Å². The number of ether oxygens (including phenoxy) is 3. The summed E-state index contributed by atoms with van der Waals surface area (Å²) in [6, 6.07) is 3.36. The Balaban J connectivity index is 2.15. The van der Waals surface area contributed by atoms with Crippen LogP contribution in [0.5, 0.6) is 11.5 Å². The van der Waals surface area contributed by atoms with Gasteiger partial charge in [-0.2, -0.15) is 0 Å². The summed E-state index contributed by atoms with van der Waals surface area (Å²) in [5, 5.41) is 12.0. The number of carboxylic acid groups (broad SMARTS) is 1. The van der Waals surface area contributed by atoms with E-state index in [1.165, 1.54) is 14.2 Å². The number of benzene rings is 1. The second kappa shape index (κ2) is 9.83. The van der Waals surface area contributed by atoms with Crippen LogP contribution in [0.25, 0.3) is 0 Å². The fourth-order valence-electron chi connectivity index (χ4n) is 2.62. The highest BCUT2D eigenvalue weighted by molar-refractivity contribution is 9.09. The molecule has 3 atom stereocenters. The average Bonchev–Trinajstić information content (AvgIpc) is 2.69. The van der Waals surface area contributed by atoms with E-state index in [0.29, 0.717) is 11.9 Å². The molecule has 0 radical (unpaired) electrons. The van der Waals surface area contributed by atoms with Gasteiger partial charge in [0.25, 0.3) is 17.3 Å². The summed E-state index contributed by atoms with van der Waals surface area (Å²) in [4.78, 5) is 47.6. The molecule has 158 valence electrons. The van der Waals surface area contributed by atoms with Crippen LogP contribution >= 0.6 is 27.9 Å². The molecule has 1 aliphatic heterocycles. The molecule has 3 unspecified atom stereocenters. The third-order valence-electron chi connectivity index (χ3n) is 3.95. The van der Waals surface area contributed by atoms with Crippen LogP contribution in [0.3, 0.4) is 0 Å². The summed E-state index contributed by atoms with van der Waals surface area (Å²) in [5.74, 6) is -2.76. The van der Waals surface area contributed by atoms with Gasteiger partial charge in [0.2, 0.25) is 0 Å². The summed E-state index contributed by atoms with van der Waals surface area (Å²) in [5.41, 5.74) is -1.45. The maximum absolute atomic E-state index is 12.8. The highest BCUT2D eigenvalue weighted by atomic mass is 79.9. The van der Waals surface area contributed by atoms with E-state index >= 15 is 0 Å². The molecule has 1 aliphatic rings. The number of rotatable bonds is 9. The number of hydrogen-bond donors (Lipinski definition) is 2. The first-order valence-electron chi connectivity index (χ1n) is 8.22. The molecule has 29 heavy (non-hydrogen) atoms. The molecule has 0 spiro atoms. The van der Waals surface area contributed by atoms with Crippen molar-refractivity contribution in [3.05, 3.63) is 23.8 Å². The van der Waals surface area contributed by atoms with Gasteiger partial charge in [0.1, 0.15) is 23.1 Å². The number of carbonyl (C=O) groups is 4. The molecule has 1 saturated heterocycles. The zero-order chi connectivity index (χ0) is 21.7. The number of carboxylic acids is 1. The molecule has 0 saturated carbocycles. The molecule has 2 N–H and O–H groups in total. The molecular weight excluding hydrogens is 472 g/mol. The summed E-state index contributed by atoms with van der Waals surface area (Å²) in [6.45, 7) is 1.07. The Kier molecular flexibility index (Phi) is 7.73. The van der Waals surface area contributed by atoms with Crippen LogP contribution < -0.4 is 14.8 Å². The number of aliphatic carboxylic acids is 1. The van der Waals surface area contributed by atoms with Crippen molar-refractivity contribution < 1.29 is 38.5 Å². The Morgan fingerprint density at radius 3 is 2.31 bits per heavy atom. The van der Waals surface area contributed by atoms with Crippen molar-refractivity contribution in [3.63, 3.8) is 0 Å². The smallest absolute Gasteiger partial charge is 0.357 e. The largest absolute Gasteiger partial charge is 0.496 e. The van der Waals surface area contributed by atoms with Gasteiger partial charge in [0, 0.05) is 24.2 Å². The van der Waals surface area contributed by atoms with E-state index in [1.54, 1.807) is 18.2 Å². The van der Waals surface area contributed by atoms with Crippen molar-refractivity contribution >= 4 is 51.6 Å². The Labute approximate surface area is 179 Å². The topological polar surface area (TPSA) is 131 Å². The fraction of sp³-hybridized carbons (Fsp3) is 0.412. The molecule has 0 bridgehead atoms. The highest BCUT2D eigenvalue weighted by Gasteiger charge is 2.50. The van der Waals surface area contributed by atoms with Gasteiger partial charge in [-0.05, 0) is 12.1 Å². The van der Waals surface area contributed by atoms with E-state index in [0.717, 1.165) is 11.2 Å². The lowest BCUT2D eigenvalue weighted by Crippen LogP contribution is -2.69. The number of alkyl halides is 1. The number of β-lactam (4-membered cyclic amide) rings is 1. The summed E-state index contributed by atoms with van der Waals surface area (Å²) >= 11 is 3.81. The van der Waals surface area contributed by atoms with Gasteiger partial charge in [-0.1, -0.05) is 22.0 Å². The van der Waals surface area contributed by atoms with Crippen LogP contribution in [0.4, 0.5) is 0 Å². The SMILES string of the molecule is COc1cccc(OC)c1C(=O)NC1C(=O)N(SC(OC(C)=O)C(=O)O)C1CBr.